The summed E-state index contributed by atoms with van der Waals surface area (Å²) in [5.41, 5.74) is 6.74. The molecule has 0 unspecified atom stereocenters. The maximum Gasteiger partial charge on any atom is 0.242 e. The molecule has 0 aliphatic heterocycles. The average molecular weight is 276 g/mol. The van der Waals surface area contributed by atoms with Crippen LogP contribution in [0, 0.1) is 6.92 Å². The van der Waals surface area contributed by atoms with E-state index in [9.17, 15) is 4.79 Å². The van der Waals surface area contributed by atoms with Crippen LogP contribution < -0.4 is 10.5 Å². The van der Waals surface area contributed by atoms with Gasteiger partial charge in [-0.1, -0.05) is 30.5 Å². The van der Waals surface area contributed by atoms with Crippen LogP contribution >= 0.6 is 0 Å². The number of benzene rings is 1. The van der Waals surface area contributed by atoms with Crippen molar-refractivity contribution in [2.45, 2.75) is 38.1 Å². The Kier molecular flexibility index (Phi) is 4.65. The summed E-state index contributed by atoms with van der Waals surface area (Å²) in [7, 11) is 1.80. The van der Waals surface area contributed by atoms with Crippen LogP contribution in [0.5, 0.6) is 5.75 Å². The lowest BCUT2D eigenvalue weighted by molar-refractivity contribution is -0.135. The van der Waals surface area contributed by atoms with Crippen LogP contribution in [0.15, 0.2) is 24.3 Å². The van der Waals surface area contributed by atoms with E-state index in [2.05, 4.69) is 0 Å². The van der Waals surface area contributed by atoms with Crippen molar-refractivity contribution in [1.29, 1.82) is 0 Å². The Hall–Kier alpha value is -1.55. The fraction of sp³-hybridized carbons (Fsp3) is 0.562. The second kappa shape index (κ2) is 6.27. The van der Waals surface area contributed by atoms with Crippen LogP contribution in [-0.4, -0.2) is 36.5 Å². The third-order valence-corrected chi connectivity index (χ3v) is 3.98. The van der Waals surface area contributed by atoms with Crippen LogP contribution in [0.1, 0.15) is 31.2 Å². The average Bonchev–Trinajstić information content (AvgIpc) is 2.88. The number of hydrogen-bond acceptors (Lipinski definition) is 3. The molecule has 0 atom stereocenters. The van der Waals surface area contributed by atoms with Gasteiger partial charge in [0.1, 0.15) is 12.4 Å². The maximum atomic E-state index is 12.3. The summed E-state index contributed by atoms with van der Waals surface area (Å²) in [6, 6.07) is 7.91. The zero-order valence-electron chi connectivity index (χ0n) is 12.4. The van der Waals surface area contributed by atoms with Crippen molar-refractivity contribution in [1.82, 2.24) is 4.90 Å². The van der Waals surface area contributed by atoms with Crippen molar-refractivity contribution in [2.24, 2.45) is 5.73 Å². The highest BCUT2D eigenvalue weighted by molar-refractivity contribution is 5.86. The Labute approximate surface area is 120 Å². The fourth-order valence-electron chi connectivity index (χ4n) is 2.64. The molecule has 2 N–H and O–H groups in total. The second-order valence-corrected chi connectivity index (χ2v) is 5.75. The molecule has 1 fully saturated rings. The smallest absolute Gasteiger partial charge is 0.242 e. The first-order chi connectivity index (χ1) is 9.51. The van der Waals surface area contributed by atoms with Crippen molar-refractivity contribution in [3.05, 3.63) is 29.8 Å². The van der Waals surface area contributed by atoms with Crippen molar-refractivity contribution < 1.29 is 9.53 Å². The van der Waals surface area contributed by atoms with Gasteiger partial charge in [-0.2, -0.15) is 0 Å². The molecule has 1 saturated carbocycles. The number of likely N-dealkylation sites (N-methyl/N-ethyl adjacent to an activating group) is 1. The molecule has 2 rings (SSSR count). The highest BCUT2D eigenvalue weighted by Crippen LogP contribution is 2.28. The number of hydrogen-bond donors (Lipinski definition) is 1. The molecule has 1 aliphatic carbocycles. The number of carbonyl (C=O) groups excluding carboxylic acids is 1. The molecule has 20 heavy (non-hydrogen) atoms. The zero-order valence-corrected chi connectivity index (χ0v) is 12.4. The molecular formula is C16H24N2O2. The van der Waals surface area contributed by atoms with E-state index in [1.165, 1.54) is 5.56 Å². The first-order valence-electron chi connectivity index (χ1n) is 7.25. The van der Waals surface area contributed by atoms with E-state index in [-0.39, 0.29) is 5.91 Å². The highest BCUT2D eigenvalue weighted by Gasteiger charge is 2.38. The summed E-state index contributed by atoms with van der Waals surface area (Å²) in [6.45, 7) is 3.09. The lowest BCUT2D eigenvalue weighted by atomic mass is 9.97. The summed E-state index contributed by atoms with van der Waals surface area (Å²) in [6.07, 6.45) is 3.70. The van der Waals surface area contributed by atoms with Gasteiger partial charge in [0.25, 0.3) is 0 Å². The molecule has 1 amide bonds. The van der Waals surface area contributed by atoms with Gasteiger partial charge in [0, 0.05) is 7.05 Å². The van der Waals surface area contributed by atoms with Gasteiger partial charge in [-0.3, -0.25) is 4.79 Å². The highest BCUT2D eigenvalue weighted by atomic mass is 16.5. The molecule has 0 spiro atoms. The Morgan fingerprint density at radius 3 is 2.50 bits per heavy atom. The fourth-order valence-corrected chi connectivity index (χ4v) is 2.64. The largest absolute Gasteiger partial charge is 0.492 e. The summed E-state index contributed by atoms with van der Waals surface area (Å²) in [5.74, 6) is 0.877. The summed E-state index contributed by atoms with van der Waals surface area (Å²) in [5, 5.41) is 0. The number of carbonyl (C=O) groups is 1. The first kappa shape index (κ1) is 14.9. The van der Waals surface area contributed by atoms with Gasteiger partial charge in [-0.15, -0.1) is 0 Å². The number of amides is 1. The molecule has 1 aromatic carbocycles. The Balaban J connectivity index is 1.78. The van der Waals surface area contributed by atoms with Gasteiger partial charge >= 0.3 is 0 Å². The van der Waals surface area contributed by atoms with E-state index >= 15 is 0 Å². The van der Waals surface area contributed by atoms with Gasteiger partial charge in [0.2, 0.25) is 5.91 Å². The van der Waals surface area contributed by atoms with E-state index in [4.69, 9.17) is 10.5 Å². The number of nitrogens with zero attached hydrogens (tertiary/aromatic N) is 1. The molecular weight excluding hydrogens is 252 g/mol. The number of aryl methyl sites for hydroxylation is 1. The summed E-state index contributed by atoms with van der Waals surface area (Å²) in [4.78, 5) is 14.0. The van der Waals surface area contributed by atoms with Crippen LogP contribution in [0.3, 0.4) is 0 Å². The zero-order chi connectivity index (χ0) is 14.6. The molecule has 0 radical (unpaired) electrons. The molecule has 4 heteroatoms. The van der Waals surface area contributed by atoms with Crippen molar-refractivity contribution in [2.75, 3.05) is 20.2 Å². The Morgan fingerprint density at radius 1 is 1.30 bits per heavy atom. The van der Waals surface area contributed by atoms with Gasteiger partial charge in [0.05, 0.1) is 12.1 Å². The van der Waals surface area contributed by atoms with Gasteiger partial charge < -0.3 is 15.4 Å². The third-order valence-electron chi connectivity index (χ3n) is 3.98. The minimum Gasteiger partial charge on any atom is -0.492 e. The van der Waals surface area contributed by atoms with Crippen molar-refractivity contribution in [3.63, 3.8) is 0 Å². The van der Waals surface area contributed by atoms with E-state index in [1.54, 1.807) is 11.9 Å². The summed E-state index contributed by atoms with van der Waals surface area (Å²) >= 11 is 0. The molecule has 0 aromatic heterocycles. The van der Waals surface area contributed by atoms with E-state index < -0.39 is 5.54 Å². The van der Waals surface area contributed by atoms with E-state index in [1.807, 2.05) is 31.2 Å². The minimum absolute atomic E-state index is 0.0440. The molecule has 1 aliphatic rings. The van der Waals surface area contributed by atoms with Crippen LogP contribution in [-0.2, 0) is 4.79 Å². The van der Waals surface area contributed by atoms with Crippen molar-refractivity contribution >= 4 is 5.91 Å². The normalized spacial score (nSPS) is 16.9. The second-order valence-electron chi connectivity index (χ2n) is 5.75. The van der Waals surface area contributed by atoms with Gasteiger partial charge in [-0.05, 0) is 31.9 Å². The van der Waals surface area contributed by atoms with Gasteiger partial charge in [0.15, 0.2) is 0 Å². The third kappa shape index (κ3) is 3.51. The first-order valence-corrected chi connectivity index (χ1v) is 7.25. The maximum absolute atomic E-state index is 12.3. The van der Waals surface area contributed by atoms with E-state index in [0.717, 1.165) is 31.4 Å². The minimum atomic E-state index is -0.640. The monoisotopic (exact) mass is 276 g/mol. The number of nitrogens with two attached hydrogens (primary N) is 1. The number of ether oxygens (including phenoxy) is 1. The lowest BCUT2D eigenvalue weighted by Gasteiger charge is -2.28. The predicted octanol–water partition coefficient (Wildman–Crippen LogP) is 2.10. The Bertz CT molecular complexity index is 450. The van der Waals surface area contributed by atoms with Crippen LogP contribution in [0.4, 0.5) is 0 Å². The molecule has 0 saturated heterocycles. The lowest BCUT2D eigenvalue weighted by Crippen LogP contribution is -2.53. The SMILES string of the molecule is Cc1ccc(OCCN(C)C(=O)C2(N)CCCC2)cc1. The van der Waals surface area contributed by atoms with Crippen LogP contribution in [0.25, 0.3) is 0 Å². The van der Waals surface area contributed by atoms with Gasteiger partial charge in [-0.25, -0.2) is 0 Å². The standard InChI is InChI=1S/C16H24N2O2/c1-13-5-7-14(8-6-13)20-12-11-18(2)15(19)16(17)9-3-4-10-16/h5-8H,3-4,9-12,17H2,1-2H3. The number of rotatable bonds is 5. The topological polar surface area (TPSA) is 55.6 Å². The van der Waals surface area contributed by atoms with Crippen LogP contribution in [0.2, 0.25) is 0 Å². The predicted molar refractivity (Wildman–Crippen MR) is 79.7 cm³/mol. The van der Waals surface area contributed by atoms with E-state index in [0.29, 0.717) is 13.2 Å². The molecule has 4 nitrogen and oxygen atoms in total. The Morgan fingerprint density at radius 2 is 1.90 bits per heavy atom. The molecule has 110 valence electrons. The molecule has 0 bridgehead atoms. The molecule has 1 aromatic rings. The summed E-state index contributed by atoms with van der Waals surface area (Å²) < 4.78 is 5.64. The quantitative estimate of drug-likeness (QED) is 0.896. The molecule has 0 heterocycles. The van der Waals surface area contributed by atoms with Crippen molar-refractivity contribution in [3.8, 4) is 5.75 Å².